The van der Waals surface area contributed by atoms with Crippen molar-refractivity contribution < 1.29 is 0 Å². The maximum Gasteiger partial charge on any atom is 0.0108 e. The zero-order valence-corrected chi connectivity index (χ0v) is 11.1. The fourth-order valence-corrected chi connectivity index (χ4v) is 2.39. The first-order chi connectivity index (χ1) is 7.72. The van der Waals surface area contributed by atoms with E-state index in [1.165, 1.54) is 10.5 Å². The fraction of sp³-hybridized carbons (Fsp3) is 0.538. The van der Waals surface area contributed by atoms with Crippen molar-refractivity contribution in [1.29, 1.82) is 0 Å². The lowest BCUT2D eigenvalue weighted by Crippen LogP contribution is -2.24. The molecular weight excluding hydrogens is 216 g/mol. The SMILES string of the molecule is Cc1ccc(SCCN(C)CCCN)cc1. The highest BCUT2D eigenvalue weighted by atomic mass is 32.2. The number of hydrogen-bond donors (Lipinski definition) is 1. The van der Waals surface area contributed by atoms with Gasteiger partial charge in [0.05, 0.1) is 0 Å². The first-order valence-corrected chi connectivity index (χ1v) is 6.79. The summed E-state index contributed by atoms with van der Waals surface area (Å²) in [5, 5.41) is 0. The fourth-order valence-electron chi connectivity index (χ4n) is 1.43. The highest BCUT2D eigenvalue weighted by Crippen LogP contribution is 2.17. The number of aryl methyl sites for hydroxylation is 1. The average Bonchev–Trinajstić information content (AvgIpc) is 2.29. The summed E-state index contributed by atoms with van der Waals surface area (Å²) in [5.41, 5.74) is 6.80. The second kappa shape index (κ2) is 7.71. The van der Waals surface area contributed by atoms with Crippen LogP contribution in [-0.2, 0) is 0 Å². The van der Waals surface area contributed by atoms with Crippen LogP contribution in [0.2, 0.25) is 0 Å². The molecule has 0 spiro atoms. The molecule has 0 fully saturated rings. The summed E-state index contributed by atoms with van der Waals surface area (Å²) in [5.74, 6) is 1.14. The van der Waals surface area contributed by atoms with Gasteiger partial charge < -0.3 is 10.6 Å². The first kappa shape index (κ1) is 13.6. The molecule has 0 amide bonds. The standard InChI is InChI=1S/C13H22N2S/c1-12-4-6-13(7-5-12)16-11-10-15(2)9-3-8-14/h4-7H,3,8-11,14H2,1-2H3. The number of thioether (sulfide) groups is 1. The summed E-state index contributed by atoms with van der Waals surface area (Å²) in [4.78, 5) is 3.70. The first-order valence-electron chi connectivity index (χ1n) is 5.80. The van der Waals surface area contributed by atoms with Crippen LogP contribution in [0.3, 0.4) is 0 Å². The van der Waals surface area contributed by atoms with Gasteiger partial charge in [0.1, 0.15) is 0 Å². The Balaban J connectivity index is 2.17. The van der Waals surface area contributed by atoms with Gasteiger partial charge in [-0.25, -0.2) is 0 Å². The van der Waals surface area contributed by atoms with Crippen molar-refractivity contribution in [1.82, 2.24) is 4.90 Å². The van der Waals surface area contributed by atoms with Crippen LogP contribution in [0.25, 0.3) is 0 Å². The second-order valence-corrected chi connectivity index (χ2v) is 5.28. The lowest BCUT2D eigenvalue weighted by atomic mass is 10.2. The molecule has 2 nitrogen and oxygen atoms in total. The molecule has 0 unspecified atom stereocenters. The van der Waals surface area contributed by atoms with Crippen LogP contribution in [-0.4, -0.2) is 37.3 Å². The van der Waals surface area contributed by atoms with E-state index in [0.29, 0.717) is 0 Å². The Kier molecular flexibility index (Phi) is 6.53. The predicted octanol–water partition coefficient (Wildman–Crippen LogP) is 2.37. The molecule has 0 aliphatic heterocycles. The molecule has 0 heterocycles. The number of nitrogens with two attached hydrogens (primary N) is 1. The van der Waals surface area contributed by atoms with Crippen LogP contribution >= 0.6 is 11.8 Å². The molecule has 3 heteroatoms. The van der Waals surface area contributed by atoms with Gasteiger partial charge in [0.25, 0.3) is 0 Å². The van der Waals surface area contributed by atoms with E-state index in [-0.39, 0.29) is 0 Å². The lowest BCUT2D eigenvalue weighted by Gasteiger charge is -2.15. The number of rotatable bonds is 7. The predicted molar refractivity (Wildman–Crippen MR) is 73.1 cm³/mol. The second-order valence-electron chi connectivity index (χ2n) is 4.11. The summed E-state index contributed by atoms with van der Waals surface area (Å²) >= 11 is 1.92. The van der Waals surface area contributed by atoms with Gasteiger partial charge in [-0.05, 0) is 45.6 Å². The number of nitrogens with zero attached hydrogens (tertiary/aromatic N) is 1. The van der Waals surface area contributed by atoms with Crippen LogP contribution in [0.4, 0.5) is 0 Å². The van der Waals surface area contributed by atoms with Crippen LogP contribution in [0.1, 0.15) is 12.0 Å². The third-order valence-corrected chi connectivity index (χ3v) is 3.50. The van der Waals surface area contributed by atoms with Gasteiger partial charge in [0.2, 0.25) is 0 Å². The smallest absolute Gasteiger partial charge is 0.0108 e. The zero-order valence-electron chi connectivity index (χ0n) is 10.3. The minimum absolute atomic E-state index is 0.787. The quantitative estimate of drug-likeness (QED) is 0.740. The van der Waals surface area contributed by atoms with E-state index in [1.54, 1.807) is 0 Å². The summed E-state index contributed by atoms with van der Waals surface area (Å²) in [6.45, 7) is 5.13. The Morgan fingerprint density at radius 3 is 2.50 bits per heavy atom. The third kappa shape index (κ3) is 5.54. The van der Waals surface area contributed by atoms with Gasteiger partial charge in [-0.15, -0.1) is 11.8 Å². The average molecular weight is 238 g/mol. The monoisotopic (exact) mass is 238 g/mol. The van der Waals surface area contributed by atoms with Crippen molar-refractivity contribution in [2.24, 2.45) is 5.73 Å². The Morgan fingerprint density at radius 1 is 1.19 bits per heavy atom. The van der Waals surface area contributed by atoms with Gasteiger partial charge in [0, 0.05) is 17.2 Å². The lowest BCUT2D eigenvalue weighted by molar-refractivity contribution is 0.352. The van der Waals surface area contributed by atoms with Gasteiger partial charge in [0.15, 0.2) is 0 Å². The van der Waals surface area contributed by atoms with Crippen molar-refractivity contribution in [3.8, 4) is 0 Å². The van der Waals surface area contributed by atoms with Crippen molar-refractivity contribution in [3.05, 3.63) is 29.8 Å². The third-order valence-electron chi connectivity index (χ3n) is 2.51. The molecular formula is C13H22N2S. The van der Waals surface area contributed by atoms with E-state index in [1.807, 2.05) is 11.8 Å². The Morgan fingerprint density at radius 2 is 1.88 bits per heavy atom. The Bertz CT molecular complexity index is 284. The number of hydrogen-bond acceptors (Lipinski definition) is 3. The highest BCUT2D eigenvalue weighted by molar-refractivity contribution is 7.99. The summed E-state index contributed by atoms with van der Waals surface area (Å²) in [6, 6.07) is 8.72. The molecule has 1 rings (SSSR count). The van der Waals surface area contributed by atoms with E-state index < -0.39 is 0 Å². The van der Waals surface area contributed by atoms with Crippen LogP contribution in [0.15, 0.2) is 29.2 Å². The van der Waals surface area contributed by atoms with Crippen LogP contribution < -0.4 is 5.73 Å². The van der Waals surface area contributed by atoms with Crippen molar-refractivity contribution in [2.75, 3.05) is 32.4 Å². The maximum atomic E-state index is 5.48. The van der Waals surface area contributed by atoms with Crippen LogP contribution in [0, 0.1) is 6.92 Å². The normalized spacial score (nSPS) is 11.0. The van der Waals surface area contributed by atoms with Gasteiger partial charge in [-0.2, -0.15) is 0 Å². The molecule has 0 bridgehead atoms. The molecule has 0 aliphatic carbocycles. The number of benzene rings is 1. The molecule has 1 aromatic rings. The molecule has 0 radical (unpaired) electrons. The highest BCUT2D eigenvalue weighted by Gasteiger charge is 1.98. The van der Waals surface area contributed by atoms with E-state index in [2.05, 4.69) is 43.1 Å². The molecule has 2 N–H and O–H groups in total. The van der Waals surface area contributed by atoms with Crippen molar-refractivity contribution >= 4 is 11.8 Å². The molecule has 16 heavy (non-hydrogen) atoms. The molecule has 0 saturated carbocycles. The minimum Gasteiger partial charge on any atom is -0.330 e. The molecule has 0 aromatic heterocycles. The minimum atomic E-state index is 0.787. The molecule has 90 valence electrons. The Hall–Kier alpha value is -0.510. The van der Waals surface area contributed by atoms with E-state index >= 15 is 0 Å². The molecule has 0 saturated heterocycles. The maximum absolute atomic E-state index is 5.48. The summed E-state index contributed by atoms with van der Waals surface area (Å²) < 4.78 is 0. The molecule has 1 aromatic carbocycles. The summed E-state index contributed by atoms with van der Waals surface area (Å²) in [6.07, 6.45) is 1.09. The Labute approximate surface area is 103 Å². The van der Waals surface area contributed by atoms with E-state index in [4.69, 9.17) is 5.73 Å². The van der Waals surface area contributed by atoms with Crippen LogP contribution in [0.5, 0.6) is 0 Å². The van der Waals surface area contributed by atoms with Crippen molar-refractivity contribution in [2.45, 2.75) is 18.2 Å². The zero-order chi connectivity index (χ0) is 11.8. The van der Waals surface area contributed by atoms with Crippen molar-refractivity contribution in [3.63, 3.8) is 0 Å². The van der Waals surface area contributed by atoms with Gasteiger partial charge >= 0.3 is 0 Å². The van der Waals surface area contributed by atoms with E-state index in [9.17, 15) is 0 Å². The molecule has 0 aliphatic rings. The van der Waals surface area contributed by atoms with Gasteiger partial charge in [-0.1, -0.05) is 17.7 Å². The van der Waals surface area contributed by atoms with E-state index in [0.717, 1.165) is 31.8 Å². The largest absolute Gasteiger partial charge is 0.330 e. The van der Waals surface area contributed by atoms with Gasteiger partial charge in [-0.3, -0.25) is 0 Å². The topological polar surface area (TPSA) is 29.3 Å². The molecule has 0 atom stereocenters. The summed E-state index contributed by atoms with van der Waals surface area (Å²) in [7, 11) is 2.16.